The highest BCUT2D eigenvalue weighted by atomic mass is 16.7. The summed E-state index contributed by atoms with van der Waals surface area (Å²) in [7, 11) is 0. The van der Waals surface area contributed by atoms with Crippen molar-refractivity contribution < 1.29 is 24.0 Å². The van der Waals surface area contributed by atoms with E-state index in [4.69, 9.17) is 9.57 Å². The molecule has 2 unspecified atom stereocenters. The third kappa shape index (κ3) is 2.01. The number of ether oxygens (including phenoxy) is 1. The molecule has 23 heavy (non-hydrogen) atoms. The zero-order valence-corrected chi connectivity index (χ0v) is 12.6. The summed E-state index contributed by atoms with van der Waals surface area (Å²) in [6.07, 6.45) is 3.86. The summed E-state index contributed by atoms with van der Waals surface area (Å²) in [4.78, 5) is 42.7. The molecule has 2 atom stereocenters. The average Bonchev–Trinajstić information content (AvgIpc) is 3.12. The zero-order valence-electron chi connectivity index (χ0n) is 12.6. The first-order valence-corrected chi connectivity index (χ1v) is 7.95. The van der Waals surface area contributed by atoms with Crippen molar-refractivity contribution in [3.8, 4) is 0 Å². The molecule has 0 radical (unpaired) electrons. The lowest BCUT2D eigenvalue weighted by atomic mass is 9.71. The predicted octanol–water partition coefficient (Wildman–Crippen LogP) is 2.09. The van der Waals surface area contributed by atoms with Crippen LogP contribution in [-0.2, 0) is 14.4 Å². The number of benzene rings is 1. The van der Waals surface area contributed by atoms with Crippen molar-refractivity contribution in [3.05, 3.63) is 35.4 Å². The molecule has 120 valence electrons. The maximum absolute atomic E-state index is 12.8. The first-order valence-electron chi connectivity index (χ1n) is 7.95. The van der Waals surface area contributed by atoms with Crippen molar-refractivity contribution in [1.29, 1.82) is 0 Å². The number of carbonyl (C=O) groups excluding carboxylic acids is 3. The van der Waals surface area contributed by atoms with Crippen LogP contribution in [0.25, 0.3) is 0 Å². The molecule has 1 aliphatic carbocycles. The molecule has 0 spiro atoms. The van der Waals surface area contributed by atoms with Gasteiger partial charge in [0.1, 0.15) is 0 Å². The molecule has 6 heteroatoms. The zero-order chi connectivity index (χ0) is 16.0. The van der Waals surface area contributed by atoms with Crippen LogP contribution in [-0.4, -0.2) is 35.6 Å². The molecule has 2 fully saturated rings. The summed E-state index contributed by atoms with van der Waals surface area (Å²) in [6.45, 7) is 0.516. The Kier molecular flexibility index (Phi) is 3.23. The smallest absolute Gasteiger partial charge is 0.342 e. The Labute approximate surface area is 133 Å². The van der Waals surface area contributed by atoms with Gasteiger partial charge in [-0.3, -0.25) is 9.59 Å². The first kappa shape index (κ1) is 14.4. The van der Waals surface area contributed by atoms with Crippen LogP contribution in [0.15, 0.2) is 24.3 Å². The molecule has 0 bridgehead atoms. The van der Waals surface area contributed by atoms with E-state index in [0.29, 0.717) is 24.5 Å². The molecule has 6 nitrogen and oxygen atoms in total. The molecule has 1 aromatic rings. The third-order valence-electron chi connectivity index (χ3n) is 5.16. The van der Waals surface area contributed by atoms with Crippen LogP contribution in [0.1, 0.15) is 52.8 Å². The van der Waals surface area contributed by atoms with Crippen LogP contribution in [0, 0.1) is 5.41 Å². The minimum Gasteiger partial charge on any atom is -0.377 e. The Morgan fingerprint density at radius 1 is 1.13 bits per heavy atom. The fourth-order valence-corrected chi connectivity index (χ4v) is 3.88. The molecule has 2 heterocycles. The second kappa shape index (κ2) is 5.16. The van der Waals surface area contributed by atoms with Gasteiger partial charge in [-0.25, -0.2) is 4.79 Å². The monoisotopic (exact) mass is 315 g/mol. The van der Waals surface area contributed by atoms with Crippen LogP contribution in [0.4, 0.5) is 0 Å². The minimum absolute atomic E-state index is 0.168. The quantitative estimate of drug-likeness (QED) is 0.781. The molecule has 1 aromatic carbocycles. The fourth-order valence-electron chi connectivity index (χ4n) is 3.88. The highest BCUT2D eigenvalue weighted by Crippen LogP contribution is 2.46. The molecule has 4 rings (SSSR count). The van der Waals surface area contributed by atoms with Gasteiger partial charge in [0.15, 0.2) is 0 Å². The highest BCUT2D eigenvalue weighted by Gasteiger charge is 2.54. The SMILES string of the molecule is O=C1c2ccccc2C(=O)N1OC(=O)C12CCCCC1OCC2. The van der Waals surface area contributed by atoms with Crippen molar-refractivity contribution in [3.63, 3.8) is 0 Å². The third-order valence-corrected chi connectivity index (χ3v) is 5.16. The van der Waals surface area contributed by atoms with Crippen LogP contribution >= 0.6 is 0 Å². The molecular formula is C17H17NO5. The van der Waals surface area contributed by atoms with Gasteiger partial charge in [0, 0.05) is 6.61 Å². The van der Waals surface area contributed by atoms with Crippen molar-refractivity contribution >= 4 is 17.8 Å². The first-order chi connectivity index (χ1) is 11.1. The molecular weight excluding hydrogens is 298 g/mol. The number of fused-ring (bicyclic) bond motifs is 2. The molecule has 1 saturated carbocycles. The summed E-state index contributed by atoms with van der Waals surface area (Å²) >= 11 is 0. The average molecular weight is 315 g/mol. The molecule has 2 aliphatic heterocycles. The van der Waals surface area contributed by atoms with Gasteiger partial charge >= 0.3 is 5.97 Å². The fraction of sp³-hybridized carbons (Fsp3) is 0.471. The van der Waals surface area contributed by atoms with Crippen LogP contribution in [0.2, 0.25) is 0 Å². The lowest BCUT2D eigenvalue weighted by Crippen LogP contribution is -2.46. The van der Waals surface area contributed by atoms with Crippen molar-refractivity contribution in [2.24, 2.45) is 5.41 Å². The van der Waals surface area contributed by atoms with Gasteiger partial charge in [0.05, 0.1) is 22.6 Å². The molecule has 1 saturated heterocycles. The number of hydrogen-bond acceptors (Lipinski definition) is 5. The second-order valence-electron chi connectivity index (χ2n) is 6.34. The van der Waals surface area contributed by atoms with E-state index < -0.39 is 23.2 Å². The lowest BCUT2D eigenvalue weighted by Gasteiger charge is -2.35. The summed E-state index contributed by atoms with van der Waals surface area (Å²) in [5.74, 6) is -1.68. The summed E-state index contributed by atoms with van der Waals surface area (Å²) in [5.41, 5.74) is -0.176. The predicted molar refractivity (Wildman–Crippen MR) is 78.3 cm³/mol. The van der Waals surface area contributed by atoms with E-state index in [0.717, 1.165) is 19.3 Å². The largest absolute Gasteiger partial charge is 0.377 e. The van der Waals surface area contributed by atoms with E-state index in [2.05, 4.69) is 0 Å². The van der Waals surface area contributed by atoms with Gasteiger partial charge in [-0.15, -0.1) is 0 Å². The maximum atomic E-state index is 12.8. The Balaban J connectivity index is 1.58. The normalized spacial score (nSPS) is 29.4. The van der Waals surface area contributed by atoms with Crippen molar-refractivity contribution in [2.45, 2.75) is 38.2 Å². The Bertz CT molecular complexity index is 665. The maximum Gasteiger partial charge on any atom is 0.342 e. The van der Waals surface area contributed by atoms with E-state index in [1.165, 1.54) is 0 Å². The van der Waals surface area contributed by atoms with Crippen molar-refractivity contribution in [2.75, 3.05) is 6.61 Å². The Hall–Kier alpha value is -2.21. The molecule has 0 N–H and O–H groups in total. The van der Waals surface area contributed by atoms with Gasteiger partial charge in [0.25, 0.3) is 11.8 Å². The van der Waals surface area contributed by atoms with E-state index in [9.17, 15) is 14.4 Å². The minimum atomic E-state index is -0.715. The topological polar surface area (TPSA) is 72.9 Å². The summed E-state index contributed by atoms with van der Waals surface area (Å²) in [6, 6.07) is 6.47. The molecule has 0 aromatic heterocycles. The second-order valence-corrected chi connectivity index (χ2v) is 6.34. The highest BCUT2D eigenvalue weighted by molar-refractivity contribution is 6.20. The number of hydrogen-bond donors (Lipinski definition) is 0. The van der Waals surface area contributed by atoms with Crippen LogP contribution < -0.4 is 0 Å². The molecule has 2 amide bonds. The molecule has 3 aliphatic rings. The van der Waals surface area contributed by atoms with Crippen LogP contribution in [0.3, 0.4) is 0 Å². The van der Waals surface area contributed by atoms with Crippen LogP contribution in [0.5, 0.6) is 0 Å². The van der Waals surface area contributed by atoms with E-state index in [1.54, 1.807) is 24.3 Å². The number of amides is 2. The van der Waals surface area contributed by atoms with E-state index >= 15 is 0 Å². The standard InChI is InChI=1S/C17H17NO5/c19-14-11-5-1-2-6-12(11)15(20)18(14)23-16(21)17-8-4-3-7-13(17)22-10-9-17/h1-2,5-6,13H,3-4,7-10H2. The number of imide groups is 1. The Morgan fingerprint density at radius 3 is 2.52 bits per heavy atom. The van der Waals surface area contributed by atoms with Crippen molar-refractivity contribution in [1.82, 2.24) is 5.06 Å². The van der Waals surface area contributed by atoms with Gasteiger partial charge in [-0.1, -0.05) is 30.0 Å². The number of hydroxylamine groups is 2. The van der Waals surface area contributed by atoms with Gasteiger partial charge in [-0.2, -0.15) is 0 Å². The van der Waals surface area contributed by atoms with E-state index in [1.807, 2.05) is 0 Å². The summed E-state index contributed by atoms with van der Waals surface area (Å²) < 4.78 is 5.67. The number of nitrogens with zero attached hydrogens (tertiary/aromatic N) is 1. The number of carbonyl (C=O) groups is 3. The van der Waals surface area contributed by atoms with Gasteiger partial charge in [0.2, 0.25) is 0 Å². The summed E-state index contributed by atoms with van der Waals surface area (Å²) in [5, 5.41) is 0.603. The Morgan fingerprint density at radius 2 is 1.83 bits per heavy atom. The number of rotatable bonds is 2. The van der Waals surface area contributed by atoms with E-state index in [-0.39, 0.29) is 17.2 Å². The lowest BCUT2D eigenvalue weighted by molar-refractivity contribution is -0.187. The van der Waals surface area contributed by atoms with Gasteiger partial charge in [-0.05, 0) is 31.4 Å². The van der Waals surface area contributed by atoms with Gasteiger partial charge < -0.3 is 9.57 Å².